The van der Waals surface area contributed by atoms with Crippen LogP contribution >= 0.6 is 0 Å². The minimum Gasteiger partial charge on any atom is -0.490 e. The van der Waals surface area contributed by atoms with Gasteiger partial charge < -0.3 is 14.6 Å². The van der Waals surface area contributed by atoms with Gasteiger partial charge in [-0.15, -0.1) is 0 Å². The normalized spacial score (nSPS) is 10.0. The minimum atomic E-state index is -0.992. The molecule has 0 aromatic heterocycles. The maximum Gasteiger partial charge on any atom is 0.341 e. The molecule has 0 aliphatic rings. The molecular formula is C13H18O4. The van der Waals surface area contributed by atoms with Crippen molar-refractivity contribution in [3.8, 4) is 11.5 Å². The molecule has 0 unspecified atom stereocenters. The number of carboxylic acid groups (broad SMARTS) is 1. The summed E-state index contributed by atoms with van der Waals surface area (Å²) in [6, 6.07) is 5.64. The highest BCUT2D eigenvalue weighted by Crippen LogP contribution is 2.28. The molecule has 0 atom stereocenters. The molecule has 0 saturated heterocycles. The molecule has 0 saturated carbocycles. The molecule has 0 aliphatic carbocycles. The van der Waals surface area contributed by atoms with Gasteiger partial charge in [0.15, 0.2) is 18.1 Å². The van der Waals surface area contributed by atoms with Crippen molar-refractivity contribution < 1.29 is 19.4 Å². The van der Waals surface area contributed by atoms with Crippen LogP contribution in [0.1, 0.15) is 25.8 Å². The van der Waals surface area contributed by atoms with Crippen molar-refractivity contribution in [3.63, 3.8) is 0 Å². The SMILES string of the molecule is CCCc1ccc(OCC)c(OCC(=O)O)c1. The molecule has 94 valence electrons. The fraction of sp³-hybridized carbons (Fsp3) is 0.462. The van der Waals surface area contributed by atoms with Gasteiger partial charge in [0.1, 0.15) is 0 Å². The molecule has 0 radical (unpaired) electrons. The maximum absolute atomic E-state index is 10.5. The third-order valence-corrected chi connectivity index (χ3v) is 2.20. The van der Waals surface area contributed by atoms with E-state index in [4.69, 9.17) is 14.6 Å². The molecule has 1 rings (SSSR count). The summed E-state index contributed by atoms with van der Waals surface area (Å²) in [5.41, 5.74) is 1.12. The lowest BCUT2D eigenvalue weighted by atomic mass is 10.1. The van der Waals surface area contributed by atoms with Crippen LogP contribution < -0.4 is 9.47 Å². The van der Waals surface area contributed by atoms with Gasteiger partial charge in [0.05, 0.1) is 6.61 Å². The summed E-state index contributed by atoms with van der Waals surface area (Å²) in [5.74, 6) is 0.0992. The van der Waals surface area contributed by atoms with Crippen LogP contribution in [0.3, 0.4) is 0 Å². The number of benzene rings is 1. The Labute approximate surface area is 101 Å². The summed E-state index contributed by atoms with van der Waals surface area (Å²) in [6.07, 6.45) is 1.97. The Balaban J connectivity index is 2.85. The van der Waals surface area contributed by atoms with E-state index in [-0.39, 0.29) is 6.61 Å². The zero-order valence-corrected chi connectivity index (χ0v) is 10.2. The number of hydrogen-bond acceptors (Lipinski definition) is 3. The second kappa shape index (κ2) is 6.78. The van der Waals surface area contributed by atoms with E-state index in [1.807, 2.05) is 25.1 Å². The average Bonchev–Trinajstić information content (AvgIpc) is 2.29. The number of carbonyl (C=O) groups is 1. The van der Waals surface area contributed by atoms with Crippen molar-refractivity contribution in [3.05, 3.63) is 23.8 Å². The Morgan fingerprint density at radius 2 is 2.00 bits per heavy atom. The molecule has 0 amide bonds. The monoisotopic (exact) mass is 238 g/mol. The number of carboxylic acids is 1. The van der Waals surface area contributed by atoms with Crippen molar-refractivity contribution in [2.45, 2.75) is 26.7 Å². The highest BCUT2D eigenvalue weighted by molar-refractivity contribution is 5.68. The Kier molecular flexibility index (Phi) is 5.33. The predicted molar refractivity (Wildman–Crippen MR) is 64.7 cm³/mol. The highest BCUT2D eigenvalue weighted by atomic mass is 16.5. The van der Waals surface area contributed by atoms with Crippen LogP contribution in [0.25, 0.3) is 0 Å². The van der Waals surface area contributed by atoms with Crippen molar-refractivity contribution in [1.29, 1.82) is 0 Å². The molecule has 1 aromatic rings. The number of ether oxygens (including phenoxy) is 2. The van der Waals surface area contributed by atoms with Gasteiger partial charge in [0, 0.05) is 0 Å². The molecule has 1 N–H and O–H groups in total. The Morgan fingerprint density at radius 1 is 1.24 bits per heavy atom. The number of aryl methyl sites for hydroxylation is 1. The van der Waals surface area contributed by atoms with Crippen LogP contribution in [0.4, 0.5) is 0 Å². The van der Waals surface area contributed by atoms with Gasteiger partial charge in [-0.05, 0) is 31.0 Å². The highest BCUT2D eigenvalue weighted by Gasteiger charge is 2.08. The van der Waals surface area contributed by atoms with Crippen LogP contribution in [-0.4, -0.2) is 24.3 Å². The van der Waals surface area contributed by atoms with Crippen LogP contribution in [0.15, 0.2) is 18.2 Å². The van der Waals surface area contributed by atoms with Gasteiger partial charge in [-0.1, -0.05) is 19.4 Å². The first-order valence-corrected chi connectivity index (χ1v) is 5.77. The van der Waals surface area contributed by atoms with Crippen LogP contribution in [0.5, 0.6) is 11.5 Å². The summed E-state index contributed by atoms with van der Waals surface area (Å²) in [6.45, 7) is 4.14. The van der Waals surface area contributed by atoms with Crippen molar-refractivity contribution in [2.24, 2.45) is 0 Å². The molecule has 0 fully saturated rings. The summed E-state index contributed by atoms with van der Waals surface area (Å²) in [5, 5.41) is 8.60. The summed E-state index contributed by atoms with van der Waals surface area (Å²) >= 11 is 0. The van der Waals surface area contributed by atoms with Gasteiger partial charge in [0.25, 0.3) is 0 Å². The molecule has 0 heterocycles. The lowest BCUT2D eigenvalue weighted by Crippen LogP contribution is -2.10. The van der Waals surface area contributed by atoms with E-state index in [9.17, 15) is 4.79 Å². The van der Waals surface area contributed by atoms with E-state index in [1.165, 1.54) is 0 Å². The third-order valence-electron chi connectivity index (χ3n) is 2.20. The van der Waals surface area contributed by atoms with Gasteiger partial charge in [0.2, 0.25) is 0 Å². The van der Waals surface area contributed by atoms with E-state index >= 15 is 0 Å². The molecular weight excluding hydrogens is 220 g/mol. The molecule has 0 spiro atoms. The number of hydrogen-bond donors (Lipinski definition) is 1. The average molecular weight is 238 g/mol. The largest absolute Gasteiger partial charge is 0.490 e. The Morgan fingerprint density at radius 3 is 2.59 bits per heavy atom. The molecule has 1 aromatic carbocycles. The van der Waals surface area contributed by atoms with Crippen LogP contribution in [0, 0.1) is 0 Å². The number of aliphatic carboxylic acids is 1. The topological polar surface area (TPSA) is 55.8 Å². The fourth-order valence-corrected chi connectivity index (χ4v) is 1.52. The first-order chi connectivity index (χ1) is 8.17. The summed E-state index contributed by atoms with van der Waals surface area (Å²) in [4.78, 5) is 10.5. The zero-order valence-electron chi connectivity index (χ0n) is 10.2. The smallest absolute Gasteiger partial charge is 0.341 e. The molecule has 4 nitrogen and oxygen atoms in total. The Bertz CT molecular complexity index is 374. The van der Waals surface area contributed by atoms with Crippen LogP contribution in [-0.2, 0) is 11.2 Å². The lowest BCUT2D eigenvalue weighted by Gasteiger charge is -2.12. The van der Waals surface area contributed by atoms with Crippen molar-refractivity contribution in [2.75, 3.05) is 13.2 Å². The molecule has 4 heteroatoms. The molecule has 17 heavy (non-hydrogen) atoms. The van der Waals surface area contributed by atoms with E-state index in [2.05, 4.69) is 6.92 Å². The lowest BCUT2D eigenvalue weighted by molar-refractivity contribution is -0.139. The molecule has 0 bridgehead atoms. The van der Waals surface area contributed by atoms with Crippen molar-refractivity contribution in [1.82, 2.24) is 0 Å². The Hall–Kier alpha value is -1.71. The quantitative estimate of drug-likeness (QED) is 0.793. The summed E-state index contributed by atoms with van der Waals surface area (Å²) < 4.78 is 10.6. The van der Waals surface area contributed by atoms with Gasteiger partial charge in [-0.2, -0.15) is 0 Å². The second-order valence-corrected chi connectivity index (χ2v) is 3.65. The van der Waals surface area contributed by atoms with Gasteiger partial charge >= 0.3 is 5.97 Å². The first kappa shape index (κ1) is 13.4. The predicted octanol–water partition coefficient (Wildman–Crippen LogP) is 2.50. The molecule has 0 aliphatic heterocycles. The zero-order chi connectivity index (χ0) is 12.7. The maximum atomic E-state index is 10.5. The fourth-order valence-electron chi connectivity index (χ4n) is 1.52. The standard InChI is InChI=1S/C13H18O4/c1-3-5-10-6-7-11(16-4-2)12(8-10)17-9-13(14)15/h6-8H,3-5,9H2,1-2H3,(H,14,15). The second-order valence-electron chi connectivity index (χ2n) is 3.65. The van der Waals surface area contributed by atoms with Crippen LogP contribution in [0.2, 0.25) is 0 Å². The van der Waals surface area contributed by atoms with E-state index in [0.717, 1.165) is 18.4 Å². The first-order valence-electron chi connectivity index (χ1n) is 5.77. The van der Waals surface area contributed by atoms with Gasteiger partial charge in [-0.25, -0.2) is 4.79 Å². The number of rotatable bonds is 7. The third kappa shape index (κ3) is 4.34. The van der Waals surface area contributed by atoms with E-state index in [1.54, 1.807) is 0 Å². The summed E-state index contributed by atoms with van der Waals surface area (Å²) in [7, 11) is 0. The van der Waals surface area contributed by atoms with Gasteiger partial charge in [-0.3, -0.25) is 0 Å². The van der Waals surface area contributed by atoms with E-state index in [0.29, 0.717) is 18.1 Å². The van der Waals surface area contributed by atoms with Crippen molar-refractivity contribution >= 4 is 5.97 Å². The minimum absolute atomic E-state index is 0.352. The van der Waals surface area contributed by atoms with E-state index < -0.39 is 5.97 Å².